The van der Waals surface area contributed by atoms with Gasteiger partial charge in [-0.1, -0.05) is 29.8 Å². The highest BCUT2D eigenvalue weighted by Gasteiger charge is 2.14. The van der Waals surface area contributed by atoms with Gasteiger partial charge in [0.15, 0.2) is 0 Å². The molecular formula is C23H17F2N3O3. The van der Waals surface area contributed by atoms with Gasteiger partial charge in [-0.25, -0.2) is 0 Å². The Morgan fingerprint density at radius 3 is 2.35 bits per heavy atom. The highest BCUT2D eigenvalue weighted by Crippen LogP contribution is 2.27. The van der Waals surface area contributed by atoms with Crippen LogP contribution in [0.25, 0.3) is 22.9 Å². The van der Waals surface area contributed by atoms with Gasteiger partial charge in [0.1, 0.15) is 5.75 Å². The van der Waals surface area contributed by atoms with E-state index in [2.05, 4.69) is 20.3 Å². The number of rotatable bonds is 6. The van der Waals surface area contributed by atoms with Crippen molar-refractivity contribution in [2.24, 2.45) is 0 Å². The van der Waals surface area contributed by atoms with Crippen molar-refractivity contribution >= 4 is 11.6 Å². The number of benzene rings is 3. The van der Waals surface area contributed by atoms with Crippen LogP contribution in [-0.4, -0.2) is 22.7 Å². The lowest BCUT2D eigenvalue weighted by Crippen LogP contribution is -2.13. The van der Waals surface area contributed by atoms with Crippen LogP contribution in [0.4, 0.5) is 14.5 Å². The van der Waals surface area contributed by atoms with Gasteiger partial charge >= 0.3 is 6.61 Å². The van der Waals surface area contributed by atoms with Gasteiger partial charge in [0.25, 0.3) is 5.91 Å². The lowest BCUT2D eigenvalue weighted by molar-refractivity contribution is -0.0493. The number of hydrogen-bond donors (Lipinski definition) is 1. The molecule has 3 aromatic carbocycles. The van der Waals surface area contributed by atoms with Crippen LogP contribution in [0.15, 0.2) is 77.2 Å². The summed E-state index contributed by atoms with van der Waals surface area (Å²) in [7, 11) is 0. The zero-order valence-corrected chi connectivity index (χ0v) is 16.4. The topological polar surface area (TPSA) is 77.2 Å². The summed E-state index contributed by atoms with van der Waals surface area (Å²) in [4.78, 5) is 12.5. The smallest absolute Gasteiger partial charge is 0.387 e. The maximum Gasteiger partial charge on any atom is 0.387 e. The van der Waals surface area contributed by atoms with Gasteiger partial charge in [-0.05, 0) is 55.5 Å². The highest BCUT2D eigenvalue weighted by atomic mass is 19.3. The van der Waals surface area contributed by atoms with E-state index in [1.165, 1.54) is 18.2 Å². The molecule has 0 aliphatic rings. The third-order valence-electron chi connectivity index (χ3n) is 4.44. The fraction of sp³-hybridized carbons (Fsp3) is 0.0870. The summed E-state index contributed by atoms with van der Waals surface area (Å²) in [5.41, 5.74) is 3.02. The number of alkyl halides is 2. The molecular weight excluding hydrogens is 404 g/mol. The monoisotopic (exact) mass is 421 g/mol. The average Bonchev–Trinajstić information content (AvgIpc) is 3.25. The van der Waals surface area contributed by atoms with Crippen LogP contribution >= 0.6 is 0 Å². The van der Waals surface area contributed by atoms with E-state index >= 15 is 0 Å². The van der Waals surface area contributed by atoms with Gasteiger partial charge in [0, 0.05) is 16.7 Å². The first kappa shape index (κ1) is 20.2. The molecule has 0 bridgehead atoms. The minimum absolute atomic E-state index is 0.114. The minimum atomic E-state index is -2.99. The van der Waals surface area contributed by atoms with Gasteiger partial charge < -0.3 is 14.5 Å². The zero-order valence-electron chi connectivity index (χ0n) is 16.4. The molecule has 0 unspecified atom stereocenters. The number of amides is 1. The second-order valence-corrected chi connectivity index (χ2v) is 6.69. The molecule has 0 fully saturated rings. The van der Waals surface area contributed by atoms with Crippen LogP contribution in [-0.2, 0) is 0 Å². The van der Waals surface area contributed by atoms with E-state index in [9.17, 15) is 13.6 Å². The first-order chi connectivity index (χ1) is 15.0. The third kappa shape index (κ3) is 4.75. The quantitative estimate of drug-likeness (QED) is 0.441. The SMILES string of the molecule is Cc1cccc(-c2nnc(-c3ccc(C(=O)Nc4ccccc4OC(F)F)cc3)o2)c1. The van der Waals surface area contributed by atoms with Crippen LogP contribution in [0.5, 0.6) is 5.75 Å². The highest BCUT2D eigenvalue weighted by molar-refractivity contribution is 6.05. The van der Waals surface area contributed by atoms with Gasteiger partial charge in [-0.2, -0.15) is 8.78 Å². The Bertz CT molecular complexity index is 1210. The van der Waals surface area contributed by atoms with E-state index in [1.54, 1.807) is 30.3 Å². The lowest BCUT2D eigenvalue weighted by atomic mass is 10.1. The second-order valence-electron chi connectivity index (χ2n) is 6.69. The number of nitrogens with one attached hydrogen (secondary N) is 1. The van der Waals surface area contributed by atoms with Gasteiger partial charge in [-0.15, -0.1) is 10.2 Å². The summed E-state index contributed by atoms with van der Waals surface area (Å²) in [6, 6.07) is 20.2. The molecule has 6 nitrogen and oxygen atoms in total. The Hall–Kier alpha value is -4.07. The van der Waals surface area contributed by atoms with E-state index in [1.807, 2.05) is 31.2 Å². The number of aromatic nitrogens is 2. The van der Waals surface area contributed by atoms with Crippen LogP contribution in [0, 0.1) is 6.92 Å². The first-order valence-corrected chi connectivity index (χ1v) is 9.36. The molecule has 156 valence electrons. The normalized spacial score (nSPS) is 10.8. The van der Waals surface area contributed by atoms with Crippen molar-refractivity contribution in [2.75, 3.05) is 5.32 Å². The van der Waals surface area contributed by atoms with Crippen molar-refractivity contribution in [1.82, 2.24) is 10.2 Å². The Labute approximate surface area is 176 Å². The van der Waals surface area contributed by atoms with Crippen LogP contribution < -0.4 is 10.1 Å². The lowest BCUT2D eigenvalue weighted by Gasteiger charge is -2.11. The summed E-state index contributed by atoms with van der Waals surface area (Å²) in [6.45, 7) is -1.01. The van der Waals surface area contributed by atoms with Crippen molar-refractivity contribution < 1.29 is 22.7 Å². The number of aryl methyl sites for hydroxylation is 1. The van der Waals surface area contributed by atoms with E-state index in [0.717, 1.165) is 11.1 Å². The standard InChI is InChI=1S/C23H17F2N3O3/c1-14-5-4-6-17(13-14)22-28-27-21(31-22)16-11-9-15(10-12-16)20(29)26-18-7-2-3-8-19(18)30-23(24)25/h2-13,23H,1H3,(H,26,29). The number of halogens is 2. The summed E-state index contributed by atoms with van der Waals surface area (Å²) >= 11 is 0. The number of nitrogens with zero attached hydrogens (tertiary/aromatic N) is 2. The van der Waals surface area contributed by atoms with Crippen molar-refractivity contribution in [2.45, 2.75) is 13.5 Å². The average molecular weight is 421 g/mol. The van der Waals surface area contributed by atoms with Crippen molar-refractivity contribution in [3.63, 3.8) is 0 Å². The molecule has 4 aromatic rings. The number of anilines is 1. The van der Waals surface area contributed by atoms with Gasteiger partial charge in [0.2, 0.25) is 11.8 Å². The second kappa shape index (κ2) is 8.74. The van der Waals surface area contributed by atoms with Crippen molar-refractivity contribution in [3.8, 4) is 28.7 Å². The number of hydrogen-bond acceptors (Lipinski definition) is 5. The molecule has 8 heteroatoms. The van der Waals surface area contributed by atoms with Crippen LogP contribution in [0.1, 0.15) is 15.9 Å². The van der Waals surface area contributed by atoms with Crippen molar-refractivity contribution in [1.29, 1.82) is 0 Å². The summed E-state index contributed by atoms with van der Waals surface area (Å²) < 4.78 is 35.3. The fourth-order valence-corrected chi connectivity index (χ4v) is 2.96. The van der Waals surface area contributed by atoms with Gasteiger partial charge in [0.05, 0.1) is 5.69 Å². The molecule has 31 heavy (non-hydrogen) atoms. The molecule has 0 aliphatic carbocycles. The zero-order chi connectivity index (χ0) is 21.8. The Balaban J connectivity index is 1.50. The molecule has 0 saturated carbocycles. The first-order valence-electron chi connectivity index (χ1n) is 9.36. The van der Waals surface area contributed by atoms with Gasteiger partial charge in [-0.3, -0.25) is 4.79 Å². The summed E-state index contributed by atoms with van der Waals surface area (Å²) in [5.74, 6) is 0.134. The minimum Gasteiger partial charge on any atom is -0.433 e. The summed E-state index contributed by atoms with van der Waals surface area (Å²) in [5, 5.41) is 10.7. The van der Waals surface area contributed by atoms with E-state index in [-0.39, 0.29) is 11.4 Å². The molecule has 0 radical (unpaired) electrons. The molecule has 1 N–H and O–H groups in total. The fourth-order valence-electron chi connectivity index (χ4n) is 2.96. The summed E-state index contributed by atoms with van der Waals surface area (Å²) in [6.07, 6.45) is 0. The van der Waals surface area contributed by atoms with Crippen molar-refractivity contribution in [3.05, 3.63) is 83.9 Å². The Morgan fingerprint density at radius 2 is 1.65 bits per heavy atom. The maximum atomic E-state index is 12.5. The molecule has 0 saturated heterocycles. The number of ether oxygens (including phenoxy) is 1. The molecule has 1 aromatic heterocycles. The molecule has 4 rings (SSSR count). The molecule has 0 spiro atoms. The largest absolute Gasteiger partial charge is 0.433 e. The number of carbonyl (C=O) groups excluding carboxylic acids is 1. The third-order valence-corrected chi connectivity index (χ3v) is 4.44. The molecule has 1 amide bonds. The van der Waals surface area contributed by atoms with E-state index in [0.29, 0.717) is 22.9 Å². The molecule has 0 atom stereocenters. The van der Waals surface area contributed by atoms with Crippen LogP contribution in [0.3, 0.4) is 0 Å². The predicted molar refractivity (Wildman–Crippen MR) is 111 cm³/mol. The number of carbonyl (C=O) groups is 1. The Kier molecular flexibility index (Phi) is 5.70. The van der Waals surface area contributed by atoms with Crippen LogP contribution in [0.2, 0.25) is 0 Å². The van der Waals surface area contributed by atoms with E-state index < -0.39 is 12.5 Å². The predicted octanol–water partition coefficient (Wildman–Crippen LogP) is 5.57. The van der Waals surface area contributed by atoms with E-state index in [4.69, 9.17) is 4.42 Å². The number of para-hydroxylation sites is 2. The Morgan fingerprint density at radius 1 is 0.935 bits per heavy atom. The molecule has 0 aliphatic heterocycles. The molecule has 1 heterocycles. The maximum absolute atomic E-state index is 12.5.